The third-order valence-electron chi connectivity index (χ3n) is 8.20. The van der Waals surface area contributed by atoms with Gasteiger partial charge in [-0.2, -0.15) is 23.3 Å². The van der Waals surface area contributed by atoms with Crippen LogP contribution in [0.25, 0.3) is 0 Å². The summed E-state index contributed by atoms with van der Waals surface area (Å²) in [6.45, 7) is 4.96. The van der Waals surface area contributed by atoms with Gasteiger partial charge in [0.1, 0.15) is 12.2 Å². The van der Waals surface area contributed by atoms with E-state index in [0.717, 1.165) is 63.8 Å². The van der Waals surface area contributed by atoms with Crippen molar-refractivity contribution in [2.45, 2.75) is 56.7 Å². The van der Waals surface area contributed by atoms with Crippen LogP contribution in [0.5, 0.6) is 0 Å². The first-order valence-electron chi connectivity index (χ1n) is 12.2. The molecule has 13 heteroatoms. The molecular weight excluding hydrogens is 465 g/mol. The van der Waals surface area contributed by atoms with E-state index in [4.69, 9.17) is 4.52 Å². The second kappa shape index (κ2) is 7.17. The molecule has 5 fully saturated rings. The molecule has 0 unspecified atom stereocenters. The van der Waals surface area contributed by atoms with Crippen molar-refractivity contribution in [3.8, 4) is 0 Å². The topological polar surface area (TPSA) is 107 Å². The molecular formula is C22H27F3N8O2. The second-order valence-electron chi connectivity index (χ2n) is 11.5. The minimum Gasteiger partial charge on any atom is -0.338 e. The molecule has 5 aliphatic rings. The molecule has 2 aromatic heterocycles. The maximum absolute atomic E-state index is 12.9. The van der Waals surface area contributed by atoms with E-state index in [1.807, 2.05) is 9.80 Å². The first-order chi connectivity index (χ1) is 16.7. The van der Waals surface area contributed by atoms with E-state index in [1.165, 1.54) is 12.8 Å². The van der Waals surface area contributed by atoms with E-state index in [9.17, 15) is 18.0 Å². The zero-order valence-electron chi connectivity index (χ0n) is 19.2. The van der Waals surface area contributed by atoms with Crippen molar-refractivity contribution in [2.24, 2.45) is 10.8 Å². The molecule has 0 radical (unpaired) electrons. The molecule has 10 nitrogen and oxygen atoms in total. The van der Waals surface area contributed by atoms with E-state index in [-0.39, 0.29) is 28.6 Å². The molecule has 5 heterocycles. The number of aromatic nitrogens is 5. The Balaban J connectivity index is 0.832. The quantitative estimate of drug-likeness (QED) is 0.683. The highest BCUT2D eigenvalue weighted by Crippen LogP contribution is 2.56. The van der Waals surface area contributed by atoms with Gasteiger partial charge in [0.2, 0.25) is 5.89 Å². The summed E-state index contributed by atoms with van der Waals surface area (Å²) in [5.74, 6) is 2.84. The molecule has 3 aliphatic heterocycles. The number of alkyl halides is 3. The van der Waals surface area contributed by atoms with Gasteiger partial charge in [-0.05, 0) is 25.7 Å². The monoisotopic (exact) mass is 492 g/mol. The Morgan fingerprint density at radius 1 is 1.00 bits per heavy atom. The molecule has 3 saturated heterocycles. The SMILES string of the molecule is O=C(N1CC2(CC(c3n[nH]c(C4CC4)n3)C2)C1)N1CC2(CN(Cc3nc(CC(F)(F)F)no3)C2)C1. The number of nitrogens with one attached hydrogen (secondary N) is 1. The van der Waals surface area contributed by atoms with Gasteiger partial charge in [-0.25, -0.2) is 9.78 Å². The van der Waals surface area contributed by atoms with Gasteiger partial charge >= 0.3 is 12.2 Å². The van der Waals surface area contributed by atoms with Gasteiger partial charge < -0.3 is 14.3 Å². The number of halogens is 3. The molecule has 7 rings (SSSR count). The molecule has 0 aromatic carbocycles. The zero-order valence-corrected chi connectivity index (χ0v) is 19.2. The number of rotatable bonds is 5. The number of carbonyl (C=O) groups is 1. The number of aromatic amines is 1. The summed E-state index contributed by atoms with van der Waals surface area (Å²) < 4.78 is 42.3. The van der Waals surface area contributed by atoms with Gasteiger partial charge in [-0.1, -0.05) is 5.16 Å². The van der Waals surface area contributed by atoms with Crippen LogP contribution >= 0.6 is 0 Å². The van der Waals surface area contributed by atoms with Gasteiger partial charge in [0.25, 0.3) is 0 Å². The highest BCUT2D eigenvalue weighted by Gasteiger charge is 2.58. The summed E-state index contributed by atoms with van der Waals surface area (Å²) >= 11 is 0. The van der Waals surface area contributed by atoms with E-state index < -0.39 is 12.6 Å². The van der Waals surface area contributed by atoms with Crippen LogP contribution in [0, 0.1) is 10.8 Å². The van der Waals surface area contributed by atoms with Crippen LogP contribution in [-0.4, -0.2) is 91.5 Å². The maximum atomic E-state index is 12.9. The first kappa shape index (κ1) is 21.6. The molecule has 2 aromatic rings. The van der Waals surface area contributed by atoms with E-state index >= 15 is 0 Å². The highest BCUT2D eigenvalue weighted by atomic mass is 19.4. The lowest BCUT2D eigenvalue weighted by Crippen LogP contribution is -2.75. The number of hydrogen-bond donors (Lipinski definition) is 1. The molecule has 2 amide bonds. The Morgan fingerprint density at radius 3 is 2.34 bits per heavy atom. The molecule has 0 atom stereocenters. The van der Waals surface area contributed by atoms with Gasteiger partial charge in [-0.3, -0.25) is 10.00 Å². The smallest absolute Gasteiger partial charge is 0.338 e. The normalized spacial score (nSPS) is 25.3. The van der Waals surface area contributed by atoms with Crippen molar-refractivity contribution >= 4 is 6.03 Å². The number of nitrogens with zero attached hydrogens (tertiary/aromatic N) is 7. The molecule has 0 bridgehead atoms. The van der Waals surface area contributed by atoms with Crippen molar-refractivity contribution < 1.29 is 22.5 Å². The average molecular weight is 493 g/mol. The maximum Gasteiger partial charge on any atom is 0.396 e. The third kappa shape index (κ3) is 3.87. The van der Waals surface area contributed by atoms with Gasteiger partial charge in [0.15, 0.2) is 11.6 Å². The van der Waals surface area contributed by atoms with Crippen molar-refractivity contribution in [2.75, 3.05) is 39.3 Å². The van der Waals surface area contributed by atoms with Crippen LogP contribution < -0.4 is 0 Å². The number of amides is 2. The predicted molar refractivity (Wildman–Crippen MR) is 113 cm³/mol. The second-order valence-corrected chi connectivity index (χ2v) is 11.5. The van der Waals surface area contributed by atoms with Crippen LogP contribution in [0.3, 0.4) is 0 Å². The number of carbonyl (C=O) groups excluding carboxylic acids is 1. The van der Waals surface area contributed by atoms with E-state index in [1.54, 1.807) is 0 Å². The number of H-pyrrole nitrogens is 1. The number of urea groups is 1. The Kier molecular flexibility index (Phi) is 4.42. The van der Waals surface area contributed by atoms with Crippen LogP contribution in [-0.2, 0) is 13.0 Å². The minimum absolute atomic E-state index is 0.0828. The number of hydrogen-bond acceptors (Lipinski definition) is 7. The highest BCUT2D eigenvalue weighted by molar-refractivity contribution is 5.77. The van der Waals surface area contributed by atoms with E-state index in [2.05, 4.69) is 30.2 Å². The molecule has 2 spiro atoms. The standard InChI is InChI=1S/C22H27F3N8O2/c23-22(24,25)5-15-26-16(35-30-15)6-31-7-21(8-31)11-33(12-21)19(34)32-9-20(10-32)3-14(4-20)18-27-17(28-29-18)13-1-2-13/h13-14H,1-12H2,(H,27,28,29). The molecule has 35 heavy (non-hydrogen) atoms. The fourth-order valence-electron chi connectivity index (χ4n) is 6.44. The van der Waals surface area contributed by atoms with Crippen LogP contribution in [0.15, 0.2) is 4.52 Å². The third-order valence-corrected chi connectivity index (χ3v) is 8.20. The Bertz CT molecular complexity index is 1130. The fourth-order valence-corrected chi connectivity index (χ4v) is 6.44. The van der Waals surface area contributed by atoms with Crippen molar-refractivity contribution in [3.05, 3.63) is 23.4 Å². The summed E-state index contributed by atoms with van der Waals surface area (Å²) in [6.07, 6.45) is -1.01. The minimum atomic E-state index is -4.35. The lowest BCUT2D eigenvalue weighted by atomic mass is 9.57. The van der Waals surface area contributed by atoms with Crippen molar-refractivity contribution in [3.63, 3.8) is 0 Å². The van der Waals surface area contributed by atoms with Crippen LogP contribution in [0.4, 0.5) is 18.0 Å². The summed E-state index contributed by atoms with van der Waals surface area (Å²) in [4.78, 5) is 27.3. The lowest BCUT2D eigenvalue weighted by molar-refractivity contribution is -0.128. The summed E-state index contributed by atoms with van der Waals surface area (Å²) in [7, 11) is 0. The van der Waals surface area contributed by atoms with Gasteiger partial charge in [-0.15, -0.1) is 0 Å². The Hall–Kier alpha value is -2.70. The fraction of sp³-hybridized carbons (Fsp3) is 0.773. The lowest BCUT2D eigenvalue weighted by Gasteiger charge is -2.63. The van der Waals surface area contributed by atoms with Gasteiger partial charge in [0, 0.05) is 61.9 Å². The zero-order chi connectivity index (χ0) is 24.0. The van der Waals surface area contributed by atoms with Crippen LogP contribution in [0.1, 0.15) is 60.9 Å². The predicted octanol–water partition coefficient (Wildman–Crippen LogP) is 2.29. The molecule has 2 aliphatic carbocycles. The summed E-state index contributed by atoms with van der Waals surface area (Å²) in [6, 6.07) is 0.116. The van der Waals surface area contributed by atoms with Crippen LogP contribution in [0.2, 0.25) is 0 Å². The molecule has 188 valence electrons. The van der Waals surface area contributed by atoms with Crippen molar-refractivity contribution in [1.82, 2.24) is 40.0 Å². The van der Waals surface area contributed by atoms with Gasteiger partial charge in [0.05, 0.1) is 6.54 Å². The summed E-state index contributed by atoms with van der Waals surface area (Å²) in [5.41, 5.74) is 0.324. The first-order valence-corrected chi connectivity index (χ1v) is 12.2. The molecule has 2 saturated carbocycles. The Labute approximate surface area is 199 Å². The molecule has 1 N–H and O–H groups in total. The Morgan fingerprint density at radius 2 is 1.69 bits per heavy atom. The number of likely N-dealkylation sites (tertiary alicyclic amines) is 3. The average Bonchev–Trinajstić information content (AvgIpc) is 3.24. The largest absolute Gasteiger partial charge is 0.396 e. The summed E-state index contributed by atoms with van der Waals surface area (Å²) in [5, 5.41) is 10.9. The van der Waals surface area contributed by atoms with E-state index in [0.29, 0.717) is 18.4 Å². The van der Waals surface area contributed by atoms with Crippen molar-refractivity contribution in [1.29, 1.82) is 0 Å².